The summed E-state index contributed by atoms with van der Waals surface area (Å²) >= 11 is 0. The molecule has 0 atom stereocenters. The molecule has 1 aliphatic carbocycles. The molecule has 0 spiro atoms. The smallest absolute Gasteiger partial charge is 0.0318 e. The Labute approximate surface area is 370 Å². The predicted molar refractivity (Wildman–Crippen MR) is 273 cm³/mol. The molecule has 302 valence electrons. The van der Waals surface area contributed by atoms with Crippen LogP contribution in [0.25, 0.3) is 109 Å². The highest BCUT2D eigenvalue weighted by atomic mass is 14.6. The fourth-order valence-electron chi connectivity index (χ4n) is 12.8. The molecule has 1 aliphatic rings. The van der Waals surface area contributed by atoms with E-state index < -0.39 is 0 Å². The van der Waals surface area contributed by atoms with Crippen LogP contribution in [0.3, 0.4) is 0 Å². The van der Waals surface area contributed by atoms with Crippen LogP contribution in [0.1, 0.15) is 52.7 Å². The Balaban J connectivity index is 1.12. The lowest BCUT2D eigenvalue weighted by molar-refractivity contribution is 0.0965. The van der Waals surface area contributed by atoms with Crippen molar-refractivity contribution >= 4 is 64.6 Å². The van der Waals surface area contributed by atoms with Crippen LogP contribution in [0.4, 0.5) is 0 Å². The summed E-state index contributed by atoms with van der Waals surface area (Å²) in [6.07, 6.45) is 0. The van der Waals surface area contributed by atoms with Gasteiger partial charge in [0.25, 0.3) is 0 Å². The summed E-state index contributed by atoms with van der Waals surface area (Å²) in [7, 11) is 0. The number of rotatable bonds is 3. The van der Waals surface area contributed by atoms with Crippen LogP contribution in [0.2, 0.25) is 0 Å². The zero-order valence-corrected chi connectivity index (χ0v) is 37.0. The van der Waals surface area contributed by atoms with Gasteiger partial charge in [0.1, 0.15) is 0 Å². The first-order valence-corrected chi connectivity index (χ1v) is 22.6. The Morgan fingerprint density at radius 3 is 1.24 bits per heavy atom. The van der Waals surface area contributed by atoms with Gasteiger partial charge in [-0.3, -0.25) is 0 Å². The van der Waals surface area contributed by atoms with Crippen molar-refractivity contribution in [2.24, 2.45) is 10.8 Å². The minimum Gasteiger partial charge on any atom is -0.0616 e. The normalized spacial score (nSPS) is 13.7. The van der Waals surface area contributed by atoms with Crippen LogP contribution >= 0.6 is 0 Å². The molecule has 0 heterocycles. The molecular formula is C63H50. The minimum atomic E-state index is -0.309. The first-order valence-electron chi connectivity index (χ1n) is 22.6. The summed E-state index contributed by atoms with van der Waals surface area (Å²) in [5.41, 5.74) is 12.8. The van der Waals surface area contributed by atoms with Crippen LogP contribution < -0.4 is 0 Å². The van der Waals surface area contributed by atoms with Crippen LogP contribution in [0, 0.1) is 10.8 Å². The Morgan fingerprint density at radius 2 is 0.683 bits per heavy atom. The monoisotopic (exact) mass is 806 g/mol. The van der Waals surface area contributed by atoms with E-state index in [9.17, 15) is 0 Å². The molecule has 0 N–H and O–H groups in total. The Hall–Kier alpha value is -7.02. The first-order chi connectivity index (χ1) is 30.6. The van der Waals surface area contributed by atoms with Gasteiger partial charge in [0.15, 0.2) is 0 Å². The third-order valence-corrected chi connectivity index (χ3v) is 14.7. The number of fused-ring (bicyclic) bond motifs is 13. The molecule has 0 bridgehead atoms. The van der Waals surface area contributed by atoms with Crippen molar-refractivity contribution in [3.8, 4) is 44.5 Å². The summed E-state index contributed by atoms with van der Waals surface area (Å²) in [4.78, 5) is 0. The van der Waals surface area contributed by atoms with E-state index in [1.54, 1.807) is 0 Å². The maximum atomic E-state index is 2.61. The molecule has 63 heavy (non-hydrogen) atoms. The van der Waals surface area contributed by atoms with Gasteiger partial charge in [-0.2, -0.15) is 0 Å². The van der Waals surface area contributed by atoms with Crippen LogP contribution in [-0.2, 0) is 5.41 Å². The molecule has 0 saturated carbocycles. The molecule has 12 rings (SSSR count). The summed E-state index contributed by atoms with van der Waals surface area (Å²) < 4.78 is 0. The molecule has 0 radical (unpaired) electrons. The van der Waals surface area contributed by atoms with E-state index in [0.29, 0.717) is 0 Å². The predicted octanol–water partition coefficient (Wildman–Crippen LogP) is 18.0. The summed E-state index contributed by atoms with van der Waals surface area (Å²) in [6, 6.07) is 73.2. The summed E-state index contributed by atoms with van der Waals surface area (Å²) in [5, 5.41) is 15.6. The van der Waals surface area contributed by atoms with E-state index in [-0.39, 0.29) is 16.2 Å². The third-order valence-electron chi connectivity index (χ3n) is 14.7. The molecule has 0 nitrogen and oxygen atoms in total. The summed E-state index contributed by atoms with van der Waals surface area (Å²) in [6.45, 7) is 14.9. The average molecular weight is 807 g/mol. The summed E-state index contributed by atoms with van der Waals surface area (Å²) in [5.74, 6) is 0. The van der Waals surface area contributed by atoms with Crippen molar-refractivity contribution in [1.82, 2.24) is 0 Å². The second kappa shape index (κ2) is 13.5. The van der Waals surface area contributed by atoms with Gasteiger partial charge in [-0.05, 0) is 137 Å². The maximum absolute atomic E-state index is 2.61. The SMILES string of the molecule is CC(C)(C)C1(C(C)(C)C)c2cc(-c3ccc(-c4c5ccccc5c(-c5cccc6ccccc56)c5ccccc45)cc3)c3ccccc3c2-c2c1c1ccccc1c1ccccc21. The van der Waals surface area contributed by atoms with Crippen molar-refractivity contribution in [1.29, 1.82) is 0 Å². The van der Waals surface area contributed by atoms with Crippen molar-refractivity contribution in [2.45, 2.75) is 47.0 Å². The van der Waals surface area contributed by atoms with Gasteiger partial charge in [0.05, 0.1) is 0 Å². The maximum Gasteiger partial charge on any atom is 0.0318 e. The molecule has 0 amide bonds. The number of benzene rings is 11. The van der Waals surface area contributed by atoms with Gasteiger partial charge in [0, 0.05) is 5.41 Å². The third kappa shape index (κ3) is 5.16. The standard InChI is InChI=1S/C63H50/c1-61(2,3)63(62(4,5)6)55-38-54(45-25-10-12-26-47(45)58(55)59-48-27-13-9-23-43(48)44-24-11-18-32-53(44)60(59)63)40-34-36-41(37-35-40)56-49-28-14-16-30-51(49)57(52-31-17-15-29-50(52)56)46-33-19-21-39-20-7-8-22-42(39)46/h7-38H,1-6H3. The molecule has 0 aliphatic heterocycles. The molecule has 11 aromatic rings. The van der Waals surface area contributed by atoms with Gasteiger partial charge >= 0.3 is 0 Å². The number of hydrogen-bond donors (Lipinski definition) is 0. The van der Waals surface area contributed by atoms with Gasteiger partial charge in [-0.1, -0.05) is 230 Å². The quantitative estimate of drug-likeness (QED) is 0.123. The van der Waals surface area contributed by atoms with E-state index in [1.165, 1.54) is 120 Å². The molecule has 11 aromatic carbocycles. The Morgan fingerprint density at radius 1 is 0.286 bits per heavy atom. The highest BCUT2D eigenvalue weighted by Crippen LogP contribution is 2.68. The second-order valence-electron chi connectivity index (χ2n) is 19.9. The Kier molecular flexibility index (Phi) is 8.08. The molecular weight excluding hydrogens is 757 g/mol. The van der Waals surface area contributed by atoms with E-state index in [4.69, 9.17) is 0 Å². The highest BCUT2D eigenvalue weighted by Gasteiger charge is 2.59. The van der Waals surface area contributed by atoms with E-state index in [0.717, 1.165) is 0 Å². The molecule has 0 fully saturated rings. The fraction of sp³-hybridized carbons (Fsp3) is 0.143. The van der Waals surface area contributed by atoms with E-state index in [2.05, 4.69) is 236 Å². The fourth-order valence-corrected chi connectivity index (χ4v) is 12.8. The lowest BCUT2D eigenvalue weighted by Gasteiger charge is -2.53. The van der Waals surface area contributed by atoms with Crippen molar-refractivity contribution in [3.63, 3.8) is 0 Å². The minimum absolute atomic E-state index is 0.125. The zero-order valence-electron chi connectivity index (χ0n) is 37.0. The van der Waals surface area contributed by atoms with Crippen LogP contribution in [-0.4, -0.2) is 0 Å². The molecule has 0 aromatic heterocycles. The first kappa shape index (κ1) is 37.7. The second-order valence-corrected chi connectivity index (χ2v) is 19.9. The van der Waals surface area contributed by atoms with Crippen LogP contribution in [0.15, 0.2) is 194 Å². The van der Waals surface area contributed by atoms with Gasteiger partial charge < -0.3 is 0 Å². The lowest BCUT2D eigenvalue weighted by atomic mass is 9.49. The zero-order chi connectivity index (χ0) is 42.8. The van der Waals surface area contributed by atoms with Gasteiger partial charge in [0.2, 0.25) is 0 Å². The van der Waals surface area contributed by atoms with E-state index in [1.807, 2.05) is 0 Å². The lowest BCUT2D eigenvalue weighted by Crippen LogP contribution is -2.50. The largest absolute Gasteiger partial charge is 0.0616 e. The number of hydrogen-bond acceptors (Lipinski definition) is 0. The molecule has 0 heteroatoms. The van der Waals surface area contributed by atoms with Crippen molar-refractivity contribution in [2.75, 3.05) is 0 Å². The van der Waals surface area contributed by atoms with Crippen LogP contribution in [0.5, 0.6) is 0 Å². The molecule has 0 unspecified atom stereocenters. The average Bonchev–Trinajstić information content (AvgIpc) is 3.64. The molecule has 0 saturated heterocycles. The highest BCUT2D eigenvalue weighted by molar-refractivity contribution is 6.25. The van der Waals surface area contributed by atoms with Crippen molar-refractivity contribution in [3.05, 3.63) is 205 Å². The Bertz CT molecular complexity index is 3600. The van der Waals surface area contributed by atoms with Gasteiger partial charge in [-0.25, -0.2) is 0 Å². The van der Waals surface area contributed by atoms with Gasteiger partial charge in [-0.15, -0.1) is 0 Å². The van der Waals surface area contributed by atoms with E-state index >= 15 is 0 Å². The van der Waals surface area contributed by atoms with Crippen molar-refractivity contribution < 1.29 is 0 Å². The topological polar surface area (TPSA) is 0 Å².